The minimum Gasteiger partial charge on any atom is -0.363 e. The number of piperidine rings is 1. The Morgan fingerprint density at radius 2 is 1.86 bits per heavy atom. The van der Waals surface area contributed by atoms with Gasteiger partial charge in [-0.25, -0.2) is 0 Å². The Morgan fingerprint density at radius 1 is 1.21 bits per heavy atom. The Labute approximate surface area is 183 Å². The molecule has 3 N–H and O–H groups in total. The molecule has 1 aliphatic rings. The minimum absolute atomic E-state index is 0.0335. The first-order valence-electron chi connectivity index (χ1n) is 10.3. The largest absolute Gasteiger partial charge is 0.363 e. The highest BCUT2D eigenvalue weighted by Gasteiger charge is 2.34. The van der Waals surface area contributed by atoms with Gasteiger partial charge in [-0.2, -0.15) is 0 Å². The fraction of sp³-hybridized carbons (Fsp3) is 0.571. The number of carbonyl (C=O) groups excluding carboxylic acids is 2. The summed E-state index contributed by atoms with van der Waals surface area (Å²) < 4.78 is 0. The van der Waals surface area contributed by atoms with Gasteiger partial charge in [-0.3, -0.25) is 9.59 Å². The lowest BCUT2D eigenvalue weighted by Crippen LogP contribution is -2.55. The molecule has 0 bridgehead atoms. The van der Waals surface area contributed by atoms with E-state index in [2.05, 4.69) is 20.9 Å². The Kier molecular flexibility index (Phi) is 9.17. The number of amides is 2. The predicted octanol–water partition coefficient (Wildman–Crippen LogP) is 2.96. The molecular formula is C21H31ClN4O2S. The summed E-state index contributed by atoms with van der Waals surface area (Å²) in [5, 5.41) is 10.2. The lowest BCUT2D eigenvalue weighted by molar-refractivity contribution is -0.125. The minimum atomic E-state index is -0.609. The van der Waals surface area contributed by atoms with Gasteiger partial charge in [-0.15, -0.1) is 0 Å². The molecule has 2 atom stereocenters. The van der Waals surface area contributed by atoms with Crippen molar-refractivity contribution in [2.45, 2.75) is 52.1 Å². The van der Waals surface area contributed by atoms with Crippen molar-refractivity contribution in [3.8, 4) is 0 Å². The molecule has 0 unspecified atom stereocenters. The molecule has 160 valence electrons. The van der Waals surface area contributed by atoms with E-state index in [4.69, 9.17) is 23.8 Å². The number of rotatable bonds is 7. The van der Waals surface area contributed by atoms with Gasteiger partial charge >= 0.3 is 0 Å². The standard InChI is InChI=1S/C21H31ClN4O2S/c1-4-14(3)24-20(28)18(25-19(27)16-8-6-7-9-17(16)22)15-10-12-26(13-11-15)21(29)23-5-2/h6-9,14-15,18H,4-5,10-13H2,1-3H3,(H,23,29)(H,24,28)(H,25,27)/t14-,18+/m0/s1. The van der Waals surface area contributed by atoms with Crippen LogP contribution in [0.4, 0.5) is 0 Å². The Bertz CT molecular complexity index is 722. The first-order valence-corrected chi connectivity index (χ1v) is 11.0. The molecule has 1 fully saturated rings. The zero-order valence-corrected chi connectivity index (χ0v) is 18.9. The van der Waals surface area contributed by atoms with E-state index in [1.54, 1.807) is 24.3 Å². The van der Waals surface area contributed by atoms with E-state index < -0.39 is 6.04 Å². The van der Waals surface area contributed by atoms with Gasteiger partial charge in [0.25, 0.3) is 5.91 Å². The highest BCUT2D eigenvalue weighted by Crippen LogP contribution is 2.23. The molecule has 2 rings (SSSR count). The first-order chi connectivity index (χ1) is 13.9. The maximum Gasteiger partial charge on any atom is 0.253 e. The average Bonchev–Trinajstić information content (AvgIpc) is 2.72. The van der Waals surface area contributed by atoms with Gasteiger partial charge in [0.05, 0.1) is 10.6 Å². The SMILES string of the molecule is CCNC(=S)N1CCC([C@@H](NC(=O)c2ccccc2Cl)C(=O)N[C@@H](C)CC)CC1. The molecule has 0 saturated carbocycles. The number of hydrogen-bond acceptors (Lipinski definition) is 3. The van der Waals surface area contributed by atoms with Crippen LogP contribution in [-0.4, -0.2) is 53.5 Å². The van der Waals surface area contributed by atoms with Crippen LogP contribution in [0.25, 0.3) is 0 Å². The quantitative estimate of drug-likeness (QED) is 0.571. The molecule has 1 heterocycles. The zero-order valence-electron chi connectivity index (χ0n) is 17.3. The molecular weight excluding hydrogens is 408 g/mol. The highest BCUT2D eigenvalue weighted by atomic mass is 35.5. The number of likely N-dealkylation sites (tertiary alicyclic amines) is 1. The van der Waals surface area contributed by atoms with Crippen LogP contribution >= 0.6 is 23.8 Å². The molecule has 0 spiro atoms. The first kappa shape index (κ1) is 23.4. The smallest absolute Gasteiger partial charge is 0.253 e. The number of nitrogens with zero attached hydrogens (tertiary/aromatic N) is 1. The molecule has 1 aromatic rings. The predicted molar refractivity (Wildman–Crippen MR) is 121 cm³/mol. The number of benzene rings is 1. The van der Waals surface area contributed by atoms with Gasteiger partial charge in [-0.05, 0) is 63.4 Å². The van der Waals surface area contributed by atoms with Crippen molar-refractivity contribution in [2.75, 3.05) is 19.6 Å². The van der Waals surface area contributed by atoms with Gasteiger partial charge in [0.1, 0.15) is 6.04 Å². The third-order valence-corrected chi connectivity index (χ3v) is 6.05. The molecule has 8 heteroatoms. The molecule has 0 radical (unpaired) electrons. The summed E-state index contributed by atoms with van der Waals surface area (Å²) in [6.45, 7) is 8.28. The monoisotopic (exact) mass is 438 g/mol. The summed E-state index contributed by atoms with van der Waals surface area (Å²) >= 11 is 11.6. The topological polar surface area (TPSA) is 73.5 Å². The summed E-state index contributed by atoms with van der Waals surface area (Å²) in [4.78, 5) is 27.9. The van der Waals surface area contributed by atoms with Crippen molar-refractivity contribution in [3.63, 3.8) is 0 Å². The maximum absolute atomic E-state index is 13.0. The van der Waals surface area contributed by atoms with E-state index >= 15 is 0 Å². The fourth-order valence-electron chi connectivity index (χ4n) is 3.40. The molecule has 0 aromatic heterocycles. The van der Waals surface area contributed by atoms with Crippen LogP contribution < -0.4 is 16.0 Å². The van der Waals surface area contributed by atoms with Crippen LogP contribution in [-0.2, 0) is 4.79 Å². The van der Waals surface area contributed by atoms with Gasteiger partial charge in [-0.1, -0.05) is 30.7 Å². The molecule has 1 aromatic carbocycles. The number of carbonyl (C=O) groups is 2. The summed E-state index contributed by atoms with van der Waals surface area (Å²) in [6, 6.07) is 6.31. The molecule has 6 nitrogen and oxygen atoms in total. The lowest BCUT2D eigenvalue weighted by atomic mass is 9.88. The van der Waals surface area contributed by atoms with Crippen LogP contribution in [0.3, 0.4) is 0 Å². The average molecular weight is 439 g/mol. The molecule has 1 aliphatic heterocycles. The molecule has 1 saturated heterocycles. The normalized spacial score (nSPS) is 16.6. The number of halogens is 1. The van der Waals surface area contributed by atoms with Crippen molar-refractivity contribution in [2.24, 2.45) is 5.92 Å². The van der Waals surface area contributed by atoms with E-state index in [-0.39, 0.29) is 23.8 Å². The van der Waals surface area contributed by atoms with E-state index in [0.717, 1.165) is 44.0 Å². The van der Waals surface area contributed by atoms with Crippen molar-refractivity contribution in [1.82, 2.24) is 20.9 Å². The van der Waals surface area contributed by atoms with E-state index in [0.29, 0.717) is 10.6 Å². The van der Waals surface area contributed by atoms with E-state index in [1.165, 1.54) is 0 Å². The van der Waals surface area contributed by atoms with Gasteiger partial charge < -0.3 is 20.9 Å². The van der Waals surface area contributed by atoms with E-state index in [9.17, 15) is 9.59 Å². The van der Waals surface area contributed by atoms with Crippen molar-refractivity contribution < 1.29 is 9.59 Å². The summed E-state index contributed by atoms with van der Waals surface area (Å²) in [7, 11) is 0. The summed E-state index contributed by atoms with van der Waals surface area (Å²) in [6.07, 6.45) is 2.37. The van der Waals surface area contributed by atoms with Crippen molar-refractivity contribution in [1.29, 1.82) is 0 Å². The van der Waals surface area contributed by atoms with Crippen molar-refractivity contribution >= 4 is 40.7 Å². The van der Waals surface area contributed by atoms with Crippen LogP contribution in [0.5, 0.6) is 0 Å². The number of thiocarbonyl (C=S) groups is 1. The molecule has 29 heavy (non-hydrogen) atoms. The molecule has 0 aliphatic carbocycles. The van der Waals surface area contributed by atoms with Gasteiger partial charge in [0.15, 0.2) is 5.11 Å². The van der Waals surface area contributed by atoms with Gasteiger partial charge in [0.2, 0.25) is 5.91 Å². The highest BCUT2D eigenvalue weighted by molar-refractivity contribution is 7.80. The van der Waals surface area contributed by atoms with E-state index in [1.807, 2.05) is 20.8 Å². The maximum atomic E-state index is 13.0. The Hall–Kier alpha value is -1.86. The second-order valence-electron chi connectivity index (χ2n) is 7.41. The number of hydrogen-bond donors (Lipinski definition) is 3. The van der Waals surface area contributed by atoms with Crippen LogP contribution in [0.2, 0.25) is 5.02 Å². The Morgan fingerprint density at radius 3 is 2.45 bits per heavy atom. The third-order valence-electron chi connectivity index (χ3n) is 5.31. The summed E-state index contributed by atoms with van der Waals surface area (Å²) in [5.41, 5.74) is 0.376. The fourth-order valence-corrected chi connectivity index (χ4v) is 3.94. The van der Waals surface area contributed by atoms with Gasteiger partial charge in [0, 0.05) is 25.7 Å². The van der Waals surface area contributed by atoms with Crippen LogP contribution in [0, 0.1) is 5.92 Å². The zero-order chi connectivity index (χ0) is 21.4. The van der Waals surface area contributed by atoms with Crippen LogP contribution in [0.1, 0.15) is 50.4 Å². The molecule has 2 amide bonds. The van der Waals surface area contributed by atoms with Crippen molar-refractivity contribution in [3.05, 3.63) is 34.9 Å². The Balaban J connectivity index is 2.11. The second kappa shape index (κ2) is 11.4. The summed E-state index contributed by atoms with van der Waals surface area (Å²) in [5.74, 6) is -0.441. The van der Waals surface area contributed by atoms with Crippen LogP contribution in [0.15, 0.2) is 24.3 Å². The second-order valence-corrected chi connectivity index (χ2v) is 8.20. The third kappa shape index (κ3) is 6.57. The lowest BCUT2D eigenvalue weighted by Gasteiger charge is -2.37. The number of nitrogens with one attached hydrogen (secondary N) is 3.